The van der Waals surface area contributed by atoms with Gasteiger partial charge in [-0.2, -0.15) is 0 Å². The van der Waals surface area contributed by atoms with E-state index in [0.29, 0.717) is 19.3 Å². The lowest BCUT2D eigenvalue weighted by Gasteiger charge is -2.18. The molecular weight excluding hydrogens is 961 g/mol. The second-order valence-electron chi connectivity index (χ2n) is 22.7. The minimum Gasteiger partial charge on any atom is -0.462 e. The third-order valence-corrected chi connectivity index (χ3v) is 14.9. The van der Waals surface area contributed by atoms with Crippen LogP contribution in [-0.2, 0) is 28.6 Å². The molecule has 0 aliphatic carbocycles. The normalized spacial score (nSPS) is 12.5. The van der Waals surface area contributed by atoms with Gasteiger partial charge in [0.15, 0.2) is 6.10 Å². The maximum Gasteiger partial charge on any atom is 0.306 e. The Labute approximate surface area is 484 Å². The summed E-state index contributed by atoms with van der Waals surface area (Å²) in [7, 11) is 0. The summed E-state index contributed by atoms with van der Waals surface area (Å²) in [5.74, 6) is -0.873. The third kappa shape index (κ3) is 63.7. The highest BCUT2D eigenvalue weighted by Crippen LogP contribution is 2.17. The van der Waals surface area contributed by atoms with Gasteiger partial charge in [-0.05, 0) is 96.3 Å². The lowest BCUT2D eigenvalue weighted by molar-refractivity contribution is -0.167. The summed E-state index contributed by atoms with van der Waals surface area (Å²) in [4.78, 5) is 38.3. The Hall–Kier alpha value is -3.15. The summed E-state index contributed by atoms with van der Waals surface area (Å²) >= 11 is 0. The SMILES string of the molecule is CCCCC/C=C\C/C=C\C/C=C\CCCCCCCCC(=O)OC(COC(=O)CCCCCCCCCCCCCC)COC(=O)CCCCCCCCCCCCCCCC/C=C\C/C=C\C/C=C\CCCCCCC. The van der Waals surface area contributed by atoms with Gasteiger partial charge in [0.05, 0.1) is 0 Å². The molecule has 78 heavy (non-hydrogen) atoms. The van der Waals surface area contributed by atoms with Crippen molar-refractivity contribution in [2.45, 2.75) is 354 Å². The molecule has 0 aromatic carbocycles. The zero-order valence-corrected chi connectivity index (χ0v) is 51.9. The van der Waals surface area contributed by atoms with E-state index in [4.69, 9.17) is 14.2 Å². The Bertz CT molecular complexity index is 1440. The lowest BCUT2D eigenvalue weighted by atomic mass is 10.0. The van der Waals surface area contributed by atoms with Crippen LogP contribution in [0.3, 0.4) is 0 Å². The van der Waals surface area contributed by atoms with Gasteiger partial charge >= 0.3 is 17.9 Å². The molecular formula is C72H128O6. The molecule has 0 spiro atoms. The van der Waals surface area contributed by atoms with E-state index in [1.807, 2.05) is 0 Å². The number of carbonyl (C=O) groups excluding carboxylic acids is 3. The van der Waals surface area contributed by atoms with E-state index < -0.39 is 6.10 Å². The van der Waals surface area contributed by atoms with Crippen molar-refractivity contribution in [2.24, 2.45) is 0 Å². The number of rotatable bonds is 62. The predicted octanol–water partition coefficient (Wildman–Crippen LogP) is 23.3. The highest BCUT2D eigenvalue weighted by molar-refractivity contribution is 5.71. The molecule has 1 unspecified atom stereocenters. The molecule has 0 radical (unpaired) electrons. The molecule has 1 atom stereocenters. The molecule has 0 heterocycles. The van der Waals surface area contributed by atoms with Crippen molar-refractivity contribution in [1.82, 2.24) is 0 Å². The first-order valence-electron chi connectivity index (χ1n) is 33.9. The van der Waals surface area contributed by atoms with E-state index in [2.05, 4.69) is 93.7 Å². The Morgan fingerprint density at radius 1 is 0.256 bits per heavy atom. The van der Waals surface area contributed by atoms with Gasteiger partial charge < -0.3 is 14.2 Å². The van der Waals surface area contributed by atoms with Crippen LogP contribution in [-0.4, -0.2) is 37.2 Å². The molecule has 0 saturated carbocycles. The number of carbonyl (C=O) groups is 3. The Balaban J connectivity index is 4.24. The average molecular weight is 1090 g/mol. The van der Waals surface area contributed by atoms with Gasteiger partial charge in [0.2, 0.25) is 0 Å². The zero-order valence-electron chi connectivity index (χ0n) is 51.9. The lowest BCUT2D eigenvalue weighted by Crippen LogP contribution is -2.30. The van der Waals surface area contributed by atoms with Crippen molar-refractivity contribution >= 4 is 17.9 Å². The summed E-state index contributed by atoms with van der Waals surface area (Å²) < 4.78 is 16.9. The molecule has 0 aliphatic heterocycles. The van der Waals surface area contributed by atoms with Gasteiger partial charge in [0, 0.05) is 19.3 Å². The van der Waals surface area contributed by atoms with Crippen LogP contribution in [0.2, 0.25) is 0 Å². The van der Waals surface area contributed by atoms with Crippen LogP contribution in [0.15, 0.2) is 72.9 Å². The fourth-order valence-corrected chi connectivity index (χ4v) is 9.81. The summed E-state index contributed by atoms with van der Waals surface area (Å²) in [6.07, 6.45) is 86.3. The molecule has 0 amide bonds. The van der Waals surface area contributed by atoms with Gasteiger partial charge in [0.25, 0.3) is 0 Å². The molecule has 0 aromatic heterocycles. The van der Waals surface area contributed by atoms with Crippen molar-refractivity contribution in [2.75, 3.05) is 13.2 Å². The largest absolute Gasteiger partial charge is 0.462 e. The fourth-order valence-electron chi connectivity index (χ4n) is 9.81. The van der Waals surface area contributed by atoms with Gasteiger partial charge in [0.1, 0.15) is 13.2 Å². The van der Waals surface area contributed by atoms with Crippen LogP contribution in [0, 0.1) is 0 Å². The molecule has 0 N–H and O–H groups in total. The number of hydrogen-bond donors (Lipinski definition) is 0. The van der Waals surface area contributed by atoms with Gasteiger partial charge in [-0.25, -0.2) is 0 Å². The first-order chi connectivity index (χ1) is 38.5. The van der Waals surface area contributed by atoms with Crippen LogP contribution >= 0.6 is 0 Å². The number of esters is 3. The third-order valence-electron chi connectivity index (χ3n) is 14.9. The van der Waals surface area contributed by atoms with E-state index in [1.165, 1.54) is 212 Å². The van der Waals surface area contributed by atoms with Crippen LogP contribution in [0.1, 0.15) is 348 Å². The maximum atomic E-state index is 12.9. The first-order valence-corrected chi connectivity index (χ1v) is 33.9. The van der Waals surface area contributed by atoms with E-state index in [1.54, 1.807) is 0 Å². The number of ether oxygens (including phenoxy) is 3. The fraction of sp³-hybridized carbons (Fsp3) is 0.792. The number of allylic oxidation sites excluding steroid dienone is 12. The summed E-state index contributed by atoms with van der Waals surface area (Å²) in [5.41, 5.74) is 0. The topological polar surface area (TPSA) is 78.9 Å². The van der Waals surface area contributed by atoms with Gasteiger partial charge in [-0.15, -0.1) is 0 Å². The van der Waals surface area contributed by atoms with Crippen molar-refractivity contribution in [1.29, 1.82) is 0 Å². The van der Waals surface area contributed by atoms with Crippen molar-refractivity contribution < 1.29 is 28.6 Å². The monoisotopic (exact) mass is 1090 g/mol. The Morgan fingerprint density at radius 2 is 0.462 bits per heavy atom. The van der Waals surface area contributed by atoms with Gasteiger partial charge in [-0.3, -0.25) is 14.4 Å². The van der Waals surface area contributed by atoms with Crippen molar-refractivity contribution in [3.05, 3.63) is 72.9 Å². The predicted molar refractivity (Wildman–Crippen MR) is 339 cm³/mol. The van der Waals surface area contributed by atoms with Crippen LogP contribution < -0.4 is 0 Å². The Kier molecular flexibility index (Phi) is 63.7. The quantitative estimate of drug-likeness (QED) is 0.0261. The number of hydrogen-bond acceptors (Lipinski definition) is 6. The molecule has 452 valence electrons. The highest BCUT2D eigenvalue weighted by atomic mass is 16.6. The summed E-state index contributed by atoms with van der Waals surface area (Å²) in [6.45, 7) is 6.63. The zero-order chi connectivity index (χ0) is 56.4. The molecule has 0 aliphatic rings. The first kappa shape index (κ1) is 74.8. The van der Waals surface area contributed by atoms with E-state index in [9.17, 15) is 14.4 Å². The van der Waals surface area contributed by atoms with Crippen LogP contribution in [0.5, 0.6) is 0 Å². The molecule has 0 aromatic rings. The summed E-state index contributed by atoms with van der Waals surface area (Å²) in [6, 6.07) is 0. The second kappa shape index (κ2) is 66.4. The Morgan fingerprint density at radius 3 is 0.744 bits per heavy atom. The van der Waals surface area contributed by atoms with Crippen LogP contribution in [0.25, 0.3) is 0 Å². The van der Waals surface area contributed by atoms with Crippen LogP contribution in [0.4, 0.5) is 0 Å². The summed E-state index contributed by atoms with van der Waals surface area (Å²) in [5, 5.41) is 0. The minimum atomic E-state index is -0.781. The molecule has 0 saturated heterocycles. The number of unbranched alkanes of at least 4 members (excludes halogenated alkanes) is 39. The average Bonchev–Trinajstić information content (AvgIpc) is 3.44. The van der Waals surface area contributed by atoms with Gasteiger partial charge in [-0.1, -0.05) is 306 Å². The molecule has 6 heteroatoms. The minimum absolute atomic E-state index is 0.0772. The molecule has 6 nitrogen and oxygen atoms in total. The smallest absolute Gasteiger partial charge is 0.306 e. The van der Waals surface area contributed by atoms with E-state index in [-0.39, 0.29) is 31.1 Å². The highest BCUT2D eigenvalue weighted by Gasteiger charge is 2.19. The van der Waals surface area contributed by atoms with E-state index >= 15 is 0 Å². The van der Waals surface area contributed by atoms with Crippen molar-refractivity contribution in [3.63, 3.8) is 0 Å². The van der Waals surface area contributed by atoms with E-state index in [0.717, 1.165) is 96.3 Å². The second-order valence-corrected chi connectivity index (χ2v) is 22.7. The van der Waals surface area contributed by atoms with Crippen molar-refractivity contribution in [3.8, 4) is 0 Å². The maximum absolute atomic E-state index is 12.9. The molecule has 0 rings (SSSR count). The molecule has 0 bridgehead atoms. The molecule has 0 fully saturated rings. The standard InChI is InChI=1S/C72H128O6/c1-4-7-10-13-16-19-22-25-27-29-31-32-33-34-35-36-37-38-39-40-42-43-45-47-50-53-56-59-62-65-71(74)77-68-69(67-76-70(73)64-61-58-55-52-49-24-21-18-15-12-9-6-3)78-72(75)66-63-60-57-54-51-48-46-44-41-30-28-26-23-20-17-14-11-8-5-2/h17,20,22,25-26,28-29,31,33-34,41,44,69H,4-16,18-19,21,23-24,27,30,32,35-40,42-43,45-68H2,1-3H3/b20-17-,25-22-,28-26-,31-29-,34-33-,44-41-.